The van der Waals surface area contributed by atoms with Gasteiger partial charge >= 0.3 is 0 Å². The zero-order valence-corrected chi connectivity index (χ0v) is 10.4. The fourth-order valence-electron chi connectivity index (χ4n) is 2.23. The van der Waals surface area contributed by atoms with E-state index in [-0.39, 0.29) is 6.10 Å². The van der Waals surface area contributed by atoms with Gasteiger partial charge in [-0.1, -0.05) is 65.8 Å². The van der Waals surface area contributed by atoms with Crippen LogP contribution in [-0.2, 0) is 4.84 Å². The van der Waals surface area contributed by atoms with E-state index >= 15 is 0 Å². The molecule has 2 aromatic rings. The van der Waals surface area contributed by atoms with Gasteiger partial charge in [0.1, 0.15) is 6.10 Å². The Labute approximate surface area is 112 Å². The second-order valence-corrected chi connectivity index (χ2v) is 4.61. The number of hydrogen-bond donors (Lipinski definition) is 1. The second-order valence-electron chi connectivity index (χ2n) is 4.61. The van der Waals surface area contributed by atoms with E-state index in [0.29, 0.717) is 6.42 Å². The molecule has 0 fully saturated rings. The van der Waals surface area contributed by atoms with Crippen molar-refractivity contribution in [2.75, 3.05) is 0 Å². The molecule has 0 amide bonds. The normalized spacial score (nSPS) is 19.6. The Hall–Kier alpha value is -2.13. The number of aliphatic hydroxyl groups excluding tert-OH is 1. The zero-order valence-electron chi connectivity index (χ0n) is 10.4. The highest BCUT2D eigenvalue weighted by Crippen LogP contribution is 2.27. The monoisotopic (exact) mass is 253 g/mol. The minimum atomic E-state index is -0.647. The minimum absolute atomic E-state index is 0.308. The van der Waals surface area contributed by atoms with Gasteiger partial charge in [-0.3, -0.25) is 0 Å². The van der Waals surface area contributed by atoms with Gasteiger partial charge in [0.25, 0.3) is 0 Å². The minimum Gasteiger partial charge on any atom is -0.389 e. The van der Waals surface area contributed by atoms with Crippen molar-refractivity contribution in [3.63, 3.8) is 0 Å². The van der Waals surface area contributed by atoms with Crippen molar-refractivity contribution >= 4 is 5.71 Å². The molecule has 3 rings (SSSR count). The van der Waals surface area contributed by atoms with Crippen LogP contribution in [0.3, 0.4) is 0 Å². The molecule has 1 N–H and O–H groups in total. The maximum Gasteiger partial charge on any atom is 0.163 e. The van der Waals surface area contributed by atoms with Gasteiger partial charge in [-0.25, -0.2) is 0 Å². The highest BCUT2D eigenvalue weighted by molar-refractivity contribution is 6.01. The molecule has 0 saturated carbocycles. The Bertz CT molecular complexity index is 566. The number of oxime groups is 1. The summed E-state index contributed by atoms with van der Waals surface area (Å²) in [6.07, 6.45) is -0.330. The molecule has 0 radical (unpaired) electrons. The summed E-state index contributed by atoms with van der Waals surface area (Å²) >= 11 is 0. The van der Waals surface area contributed by atoms with Gasteiger partial charge in [-0.05, 0) is 11.1 Å². The molecule has 2 atom stereocenters. The molecule has 19 heavy (non-hydrogen) atoms. The molecule has 0 saturated heterocycles. The van der Waals surface area contributed by atoms with Crippen molar-refractivity contribution in [1.29, 1.82) is 0 Å². The molecule has 0 aromatic heterocycles. The second kappa shape index (κ2) is 5.24. The number of hydrogen-bond acceptors (Lipinski definition) is 3. The number of benzene rings is 2. The van der Waals surface area contributed by atoms with E-state index in [1.165, 1.54) is 0 Å². The summed E-state index contributed by atoms with van der Waals surface area (Å²) in [5, 5.41) is 14.4. The Morgan fingerprint density at radius 2 is 1.63 bits per heavy atom. The fourth-order valence-corrected chi connectivity index (χ4v) is 2.23. The zero-order chi connectivity index (χ0) is 13.1. The first-order chi connectivity index (χ1) is 9.34. The van der Waals surface area contributed by atoms with Crippen LogP contribution < -0.4 is 0 Å². The molecule has 0 unspecified atom stereocenters. The number of nitrogens with zero attached hydrogens (tertiary/aromatic N) is 1. The molecule has 2 aromatic carbocycles. The standard InChI is InChI=1S/C16H15NO2/c18-16(13-9-5-2-6-10-13)15-11-14(17-19-15)12-7-3-1-4-8-12/h1-10,15-16,18H,11H2/t15-,16+/m1/s1. The molecule has 1 aliphatic heterocycles. The molecule has 3 heteroatoms. The number of rotatable bonds is 3. The molecule has 0 bridgehead atoms. The summed E-state index contributed by atoms with van der Waals surface area (Å²) in [7, 11) is 0. The lowest BCUT2D eigenvalue weighted by Gasteiger charge is -2.16. The highest BCUT2D eigenvalue weighted by atomic mass is 16.7. The van der Waals surface area contributed by atoms with E-state index in [1.54, 1.807) is 0 Å². The SMILES string of the molecule is O[C@@H](c1ccccc1)[C@H]1CC(c2ccccc2)=NO1. The van der Waals surface area contributed by atoms with Gasteiger partial charge in [0.05, 0.1) is 5.71 Å². The van der Waals surface area contributed by atoms with E-state index in [2.05, 4.69) is 5.16 Å². The first-order valence-electron chi connectivity index (χ1n) is 6.36. The molecule has 1 heterocycles. The van der Waals surface area contributed by atoms with Crippen LogP contribution in [0.1, 0.15) is 23.7 Å². The van der Waals surface area contributed by atoms with Crippen molar-refractivity contribution in [3.8, 4) is 0 Å². The largest absolute Gasteiger partial charge is 0.389 e. The van der Waals surface area contributed by atoms with Crippen molar-refractivity contribution < 1.29 is 9.94 Å². The van der Waals surface area contributed by atoms with Gasteiger partial charge in [0.2, 0.25) is 0 Å². The van der Waals surface area contributed by atoms with Gasteiger partial charge in [-0.2, -0.15) is 0 Å². The third-order valence-electron chi connectivity index (χ3n) is 3.29. The third-order valence-corrected chi connectivity index (χ3v) is 3.29. The average Bonchev–Trinajstić information content (AvgIpc) is 2.98. The van der Waals surface area contributed by atoms with Gasteiger partial charge in [0, 0.05) is 6.42 Å². The average molecular weight is 253 g/mol. The van der Waals surface area contributed by atoms with Crippen molar-refractivity contribution in [2.45, 2.75) is 18.6 Å². The first-order valence-corrected chi connectivity index (χ1v) is 6.36. The molecular weight excluding hydrogens is 238 g/mol. The summed E-state index contributed by atoms with van der Waals surface area (Å²) in [5.41, 5.74) is 2.79. The summed E-state index contributed by atoms with van der Waals surface area (Å²) in [6, 6.07) is 19.5. The summed E-state index contributed by atoms with van der Waals surface area (Å²) in [6.45, 7) is 0. The van der Waals surface area contributed by atoms with Crippen LogP contribution in [0.5, 0.6) is 0 Å². The van der Waals surface area contributed by atoms with E-state index in [0.717, 1.165) is 16.8 Å². The molecule has 0 spiro atoms. The van der Waals surface area contributed by atoms with Gasteiger partial charge < -0.3 is 9.94 Å². The maximum absolute atomic E-state index is 10.3. The van der Waals surface area contributed by atoms with Crippen LogP contribution in [-0.4, -0.2) is 16.9 Å². The van der Waals surface area contributed by atoms with Gasteiger partial charge in [-0.15, -0.1) is 0 Å². The lowest BCUT2D eigenvalue weighted by molar-refractivity contribution is -0.0183. The smallest absolute Gasteiger partial charge is 0.163 e. The van der Waals surface area contributed by atoms with E-state index in [1.807, 2.05) is 60.7 Å². The van der Waals surface area contributed by atoms with Crippen molar-refractivity contribution in [3.05, 3.63) is 71.8 Å². The van der Waals surface area contributed by atoms with E-state index < -0.39 is 6.10 Å². The Morgan fingerprint density at radius 3 is 2.32 bits per heavy atom. The van der Waals surface area contributed by atoms with Crippen LogP contribution in [0, 0.1) is 0 Å². The topological polar surface area (TPSA) is 41.8 Å². The van der Waals surface area contributed by atoms with Crippen molar-refractivity contribution in [2.24, 2.45) is 5.16 Å². The Kier molecular flexibility index (Phi) is 3.29. The molecule has 3 nitrogen and oxygen atoms in total. The molecular formula is C16H15NO2. The third kappa shape index (κ3) is 2.51. The van der Waals surface area contributed by atoms with Crippen LogP contribution in [0.25, 0.3) is 0 Å². The molecule has 96 valence electrons. The molecule has 0 aliphatic carbocycles. The van der Waals surface area contributed by atoms with Crippen LogP contribution in [0.4, 0.5) is 0 Å². The summed E-state index contributed by atoms with van der Waals surface area (Å²) in [5.74, 6) is 0. The highest BCUT2D eigenvalue weighted by Gasteiger charge is 2.29. The van der Waals surface area contributed by atoms with Gasteiger partial charge in [0.15, 0.2) is 6.10 Å². The lowest BCUT2D eigenvalue weighted by Crippen LogP contribution is -2.18. The summed E-state index contributed by atoms with van der Waals surface area (Å²) < 4.78 is 0. The van der Waals surface area contributed by atoms with E-state index in [4.69, 9.17) is 4.84 Å². The predicted octanol–water partition coefficient (Wildman–Crippen LogP) is 2.91. The maximum atomic E-state index is 10.3. The van der Waals surface area contributed by atoms with Crippen LogP contribution >= 0.6 is 0 Å². The Balaban J connectivity index is 1.72. The first kappa shape index (κ1) is 11.9. The quantitative estimate of drug-likeness (QED) is 0.913. The van der Waals surface area contributed by atoms with Crippen molar-refractivity contribution in [1.82, 2.24) is 0 Å². The fraction of sp³-hybridized carbons (Fsp3) is 0.188. The summed E-state index contributed by atoms with van der Waals surface area (Å²) in [4.78, 5) is 5.37. The predicted molar refractivity (Wildman–Crippen MR) is 73.9 cm³/mol. The molecule has 1 aliphatic rings. The lowest BCUT2D eigenvalue weighted by atomic mass is 9.98. The van der Waals surface area contributed by atoms with E-state index in [9.17, 15) is 5.11 Å². The van der Waals surface area contributed by atoms with Crippen LogP contribution in [0.15, 0.2) is 65.8 Å². The Morgan fingerprint density at radius 1 is 1.00 bits per heavy atom. The van der Waals surface area contributed by atoms with Crippen LogP contribution in [0.2, 0.25) is 0 Å². The number of aliphatic hydroxyl groups is 1.